The number of nitrogens with two attached hydrogens (primary N) is 1. The number of halogens is 2. The van der Waals surface area contributed by atoms with E-state index in [1.54, 1.807) is 0 Å². The Bertz CT molecular complexity index is 633. The molecule has 0 unspecified atom stereocenters. The van der Waals surface area contributed by atoms with E-state index in [0.717, 1.165) is 17.2 Å². The topological polar surface area (TPSA) is 47.2 Å². The maximum Gasteiger partial charge on any atom is 0.272 e. The van der Waals surface area contributed by atoms with E-state index < -0.39 is 0 Å². The lowest BCUT2D eigenvalue weighted by Crippen LogP contribution is -3.00. The summed E-state index contributed by atoms with van der Waals surface area (Å²) in [4.78, 5) is 4.54. The second kappa shape index (κ2) is 6.68. The van der Waals surface area contributed by atoms with Crippen LogP contribution in [-0.4, -0.2) is 9.38 Å². The Labute approximate surface area is 132 Å². The minimum Gasteiger partial charge on any atom is -1.00 e. The van der Waals surface area contributed by atoms with Gasteiger partial charge in [-0.05, 0) is 18.2 Å². The molecule has 0 saturated heterocycles. The number of fused-ring (bicyclic) bond motifs is 1. The van der Waals surface area contributed by atoms with Crippen LogP contribution < -0.4 is 27.3 Å². The highest BCUT2D eigenvalue weighted by molar-refractivity contribution is 8.93. The summed E-state index contributed by atoms with van der Waals surface area (Å²) in [5, 5.41) is 0. The van der Waals surface area contributed by atoms with Gasteiger partial charge in [-0.2, -0.15) is 0 Å². The summed E-state index contributed by atoms with van der Waals surface area (Å²) in [5.41, 5.74) is 7.85. The fourth-order valence-corrected chi connectivity index (χ4v) is 1.87. The molecule has 0 aliphatic rings. The molecule has 0 bridgehead atoms. The van der Waals surface area contributed by atoms with Crippen molar-refractivity contribution in [1.29, 1.82) is 0 Å². The normalized spacial score (nSPS) is 9.68. The van der Waals surface area contributed by atoms with Crippen LogP contribution in [-0.2, 0) is 6.54 Å². The lowest BCUT2D eigenvalue weighted by Gasteiger charge is -1.98. The second-order valence-electron chi connectivity index (χ2n) is 3.95. The first-order valence-corrected chi connectivity index (χ1v) is 5.49. The third kappa shape index (κ3) is 3.33. The van der Waals surface area contributed by atoms with Crippen LogP contribution in [0.15, 0.2) is 55.0 Å². The highest BCUT2D eigenvalue weighted by atomic mass is 79.9. The number of pyridine rings is 2. The molecule has 0 aromatic carbocycles. The minimum absolute atomic E-state index is 0. The van der Waals surface area contributed by atoms with E-state index in [1.165, 1.54) is 0 Å². The molecule has 100 valence electrons. The Kier molecular flexibility index (Phi) is 5.50. The third-order valence-corrected chi connectivity index (χ3v) is 2.72. The molecule has 0 aliphatic carbocycles. The molecule has 2 N–H and O–H groups in total. The summed E-state index contributed by atoms with van der Waals surface area (Å²) in [7, 11) is 0. The number of imidazole rings is 1. The van der Waals surface area contributed by atoms with Crippen molar-refractivity contribution < 1.29 is 21.5 Å². The number of nitrogens with zero attached hydrogens (tertiary/aromatic N) is 3. The molecule has 3 heterocycles. The lowest BCUT2D eigenvalue weighted by molar-refractivity contribution is -0.674. The first-order chi connectivity index (χ1) is 8.33. The van der Waals surface area contributed by atoms with Crippen LogP contribution in [0.2, 0.25) is 0 Å². The van der Waals surface area contributed by atoms with E-state index in [1.807, 2.05) is 64.0 Å². The van der Waals surface area contributed by atoms with E-state index in [0.29, 0.717) is 6.54 Å². The van der Waals surface area contributed by atoms with Crippen LogP contribution >= 0.6 is 17.0 Å². The second-order valence-corrected chi connectivity index (χ2v) is 3.95. The first kappa shape index (κ1) is 15.7. The van der Waals surface area contributed by atoms with E-state index in [-0.39, 0.29) is 34.0 Å². The van der Waals surface area contributed by atoms with Crippen molar-refractivity contribution >= 4 is 28.4 Å². The van der Waals surface area contributed by atoms with Gasteiger partial charge in [-0.15, -0.1) is 17.0 Å². The zero-order valence-corrected chi connectivity index (χ0v) is 13.4. The van der Waals surface area contributed by atoms with Crippen molar-refractivity contribution in [3.63, 3.8) is 0 Å². The predicted molar refractivity (Wildman–Crippen MR) is 75.7 cm³/mol. The summed E-state index contributed by atoms with van der Waals surface area (Å²) in [6.07, 6.45) is 5.97. The zero-order chi connectivity index (χ0) is 11.7. The minimum atomic E-state index is 0. The van der Waals surface area contributed by atoms with Crippen LogP contribution in [0.4, 0.5) is 5.82 Å². The van der Waals surface area contributed by atoms with Crippen LogP contribution in [0.25, 0.3) is 5.65 Å². The number of hydrogen-bond acceptors (Lipinski definition) is 2. The molecule has 0 aliphatic heterocycles. The molecule has 4 nitrogen and oxygen atoms in total. The zero-order valence-electron chi connectivity index (χ0n) is 10.1. The molecule has 0 saturated carbocycles. The van der Waals surface area contributed by atoms with Gasteiger partial charge in [0.25, 0.3) is 5.82 Å². The van der Waals surface area contributed by atoms with Crippen molar-refractivity contribution in [2.45, 2.75) is 6.54 Å². The van der Waals surface area contributed by atoms with Crippen molar-refractivity contribution in [1.82, 2.24) is 9.38 Å². The molecular formula is C13H14Br2N4. The van der Waals surface area contributed by atoms with E-state index in [9.17, 15) is 0 Å². The monoisotopic (exact) mass is 384 g/mol. The Morgan fingerprint density at radius 3 is 2.68 bits per heavy atom. The highest BCUT2D eigenvalue weighted by Gasteiger charge is 2.07. The molecule has 3 aromatic rings. The average Bonchev–Trinajstić information content (AvgIpc) is 2.74. The number of rotatable bonds is 2. The Balaban J connectivity index is 0.000000902. The molecule has 0 amide bonds. The molecule has 19 heavy (non-hydrogen) atoms. The van der Waals surface area contributed by atoms with Gasteiger partial charge in [-0.25, -0.2) is 9.55 Å². The van der Waals surface area contributed by atoms with Crippen LogP contribution in [0.5, 0.6) is 0 Å². The summed E-state index contributed by atoms with van der Waals surface area (Å²) in [6.45, 7) is 0.689. The lowest BCUT2D eigenvalue weighted by atomic mass is 10.4. The van der Waals surface area contributed by atoms with Crippen LogP contribution in [0.1, 0.15) is 5.69 Å². The first-order valence-electron chi connectivity index (χ1n) is 5.49. The van der Waals surface area contributed by atoms with Gasteiger partial charge in [0.15, 0.2) is 0 Å². The summed E-state index contributed by atoms with van der Waals surface area (Å²) < 4.78 is 3.98. The average molecular weight is 386 g/mol. The molecule has 0 fully saturated rings. The largest absolute Gasteiger partial charge is 1.00 e. The molecule has 0 radical (unpaired) electrons. The standard InChI is InChI=1S/C13H12N4.2BrH/c14-12-5-1-3-7-16(12)9-11-10-17-8-4-2-6-13(17)15-11;;/h1-8,10,14H,9H2;2*1H. The SMILES string of the molecule is Br.Nc1cccc[n+]1Cc1cn2ccccc2n1.[Br-]. The maximum atomic E-state index is 5.89. The molecule has 6 heteroatoms. The van der Waals surface area contributed by atoms with Crippen molar-refractivity contribution in [2.75, 3.05) is 5.73 Å². The number of hydrogen-bond donors (Lipinski definition) is 1. The Hall–Kier alpha value is -1.40. The number of nitrogen functional groups attached to an aromatic ring is 1. The Morgan fingerprint density at radius 2 is 1.95 bits per heavy atom. The van der Waals surface area contributed by atoms with Crippen molar-refractivity contribution in [3.05, 3.63) is 60.7 Å². The van der Waals surface area contributed by atoms with E-state index in [4.69, 9.17) is 5.73 Å². The van der Waals surface area contributed by atoms with Gasteiger partial charge in [0.1, 0.15) is 17.9 Å². The molecule has 0 atom stereocenters. The van der Waals surface area contributed by atoms with Gasteiger partial charge in [0, 0.05) is 18.5 Å². The van der Waals surface area contributed by atoms with E-state index >= 15 is 0 Å². The smallest absolute Gasteiger partial charge is 0.272 e. The third-order valence-electron chi connectivity index (χ3n) is 2.72. The van der Waals surface area contributed by atoms with Crippen LogP contribution in [0.3, 0.4) is 0 Å². The molecule has 3 rings (SSSR count). The number of anilines is 1. The fourth-order valence-electron chi connectivity index (χ4n) is 1.87. The van der Waals surface area contributed by atoms with Gasteiger partial charge in [0.05, 0.1) is 6.20 Å². The fraction of sp³-hybridized carbons (Fsp3) is 0.0769. The van der Waals surface area contributed by atoms with Gasteiger partial charge in [0.2, 0.25) is 0 Å². The van der Waals surface area contributed by atoms with Gasteiger partial charge in [-0.3, -0.25) is 5.73 Å². The van der Waals surface area contributed by atoms with Gasteiger partial charge < -0.3 is 21.4 Å². The molecule has 3 aromatic heterocycles. The molecule has 0 spiro atoms. The maximum absolute atomic E-state index is 5.89. The molecular weight excluding hydrogens is 372 g/mol. The van der Waals surface area contributed by atoms with E-state index in [2.05, 4.69) is 4.98 Å². The highest BCUT2D eigenvalue weighted by Crippen LogP contribution is 2.04. The summed E-state index contributed by atoms with van der Waals surface area (Å²) in [6, 6.07) is 11.7. The Morgan fingerprint density at radius 1 is 1.16 bits per heavy atom. The van der Waals surface area contributed by atoms with Crippen molar-refractivity contribution in [3.8, 4) is 0 Å². The predicted octanol–water partition coefficient (Wildman–Crippen LogP) is -1.17. The van der Waals surface area contributed by atoms with Gasteiger partial charge in [-0.1, -0.05) is 12.1 Å². The number of aromatic nitrogens is 3. The van der Waals surface area contributed by atoms with Gasteiger partial charge >= 0.3 is 0 Å². The summed E-state index contributed by atoms with van der Waals surface area (Å²) in [5.74, 6) is 0.740. The quantitative estimate of drug-likeness (QED) is 0.565. The van der Waals surface area contributed by atoms with Crippen LogP contribution in [0, 0.1) is 0 Å². The summed E-state index contributed by atoms with van der Waals surface area (Å²) >= 11 is 0. The van der Waals surface area contributed by atoms with Crippen molar-refractivity contribution in [2.24, 2.45) is 0 Å².